The summed E-state index contributed by atoms with van der Waals surface area (Å²) in [5.74, 6) is -0.736. The lowest BCUT2D eigenvalue weighted by molar-refractivity contribution is -0.896. The van der Waals surface area contributed by atoms with E-state index in [1.807, 2.05) is 6.92 Å². The van der Waals surface area contributed by atoms with Crippen LogP contribution in [0.25, 0.3) is 0 Å². The Morgan fingerprint density at radius 3 is 1.48 bits per heavy atom. The Kier molecular flexibility index (Phi) is 18.5. The van der Waals surface area contributed by atoms with E-state index in [4.69, 9.17) is 5.11 Å². The summed E-state index contributed by atoms with van der Waals surface area (Å²) in [4.78, 5) is 10.7. The SMILES string of the molecule is CCCCCCCCCCCCCCCCCCC(C)(O)C[N+](C)(C)CCCC(=O)O. The van der Waals surface area contributed by atoms with Crippen LogP contribution in [0, 0.1) is 0 Å². The number of carbonyl (C=O) groups is 1. The lowest BCUT2D eigenvalue weighted by Crippen LogP contribution is -2.51. The van der Waals surface area contributed by atoms with Gasteiger partial charge in [-0.05, 0) is 13.3 Å². The predicted octanol–water partition coefficient (Wildman–Crippen LogP) is 7.33. The normalized spacial score (nSPS) is 14.0. The number of hydrogen-bond donors (Lipinski definition) is 2. The molecule has 4 nitrogen and oxygen atoms in total. The van der Waals surface area contributed by atoms with E-state index in [-0.39, 0.29) is 6.42 Å². The van der Waals surface area contributed by atoms with Crippen molar-refractivity contribution in [1.82, 2.24) is 0 Å². The van der Waals surface area contributed by atoms with E-state index in [1.54, 1.807) is 0 Å². The van der Waals surface area contributed by atoms with E-state index >= 15 is 0 Å². The van der Waals surface area contributed by atoms with Gasteiger partial charge in [0.2, 0.25) is 0 Å². The maximum Gasteiger partial charge on any atom is 0.303 e. The quantitative estimate of drug-likeness (QED) is 0.129. The van der Waals surface area contributed by atoms with E-state index in [9.17, 15) is 9.90 Å². The zero-order valence-corrected chi connectivity index (χ0v) is 21.6. The number of carboxylic acid groups (broad SMARTS) is 1. The number of likely N-dealkylation sites (N-methyl/N-ethyl adjacent to an activating group) is 1. The largest absolute Gasteiger partial charge is 0.481 e. The van der Waals surface area contributed by atoms with Gasteiger partial charge in [-0.15, -0.1) is 0 Å². The van der Waals surface area contributed by atoms with Crippen molar-refractivity contribution in [2.75, 3.05) is 27.2 Å². The van der Waals surface area contributed by atoms with E-state index in [0.717, 1.165) is 19.4 Å². The summed E-state index contributed by atoms with van der Waals surface area (Å²) in [6.07, 6.45) is 23.5. The predicted molar refractivity (Wildman–Crippen MR) is 133 cm³/mol. The minimum atomic E-state index is -0.736. The van der Waals surface area contributed by atoms with Crippen LogP contribution in [0.15, 0.2) is 0 Å². The highest BCUT2D eigenvalue weighted by Crippen LogP contribution is 2.20. The molecule has 0 radical (unpaired) electrons. The van der Waals surface area contributed by atoms with Crippen molar-refractivity contribution >= 4 is 5.97 Å². The first-order chi connectivity index (χ1) is 14.7. The number of hydrogen-bond acceptors (Lipinski definition) is 2. The van der Waals surface area contributed by atoms with Crippen LogP contribution in [-0.4, -0.2) is 53.5 Å². The van der Waals surface area contributed by atoms with Gasteiger partial charge in [-0.2, -0.15) is 0 Å². The van der Waals surface area contributed by atoms with E-state index in [2.05, 4.69) is 21.0 Å². The second kappa shape index (κ2) is 18.9. The zero-order chi connectivity index (χ0) is 23.4. The van der Waals surface area contributed by atoms with Crippen LogP contribution >= 0.6 is 0 Å². The fourth-order valence-corrected chi connectivity index (χ4v) is 4.79. The Morgan fingerprint density at radius 1 is 0.710 bits per heavy atom. The third-order valence-corrected chi connectivity index (χ3v) is 6.49. The maximum absolute atomic E-state index is 10.7. The highest BCUT2D eigenvalue weighted by Gasteiger charge is 2.30. The molecule has 0 aliphatic heterocycles. The molecule has 4 heteroatoms. The number of aliphatic carboxylic acids is 1. The summed E-state index contributed by atoms with van der Waals surface area (Å²) in [6.45, 7) is 5.70. The second-order valence-electron chi connectivity index (χ2n) is 10.9. The maximum atomic E-state index is 10.7. The van der Waals surface area contributed by atoms with Crippen molar-refractivity contribution in [3.8, 4) is 0 Å². The van der Waals surface area contributed by atoms with Crippen molar-refractivity contribution < 1.29 is 19.5 Å². The Labute approximate surface area is 194 Å². The molecule has 0 aromatic heterocycles. The first kappa shape index (κ1) is 30.4. The van der Waals surface area contributed by atoms with Crippen LogP contribution in [0.2, 0.25) is 0 Å². The Bertz CT molecular complexity index is 421. The topological polar surface area (TPSA) is 57.5 Å². The highest BCUT2D eigenvalue weighted by molar-refractivity contribution is 5.66. The molecule has 0 aromatic rings. The van der Waals surface area contributed by atoms with Crippen molar-refractivity contribution in [2.45, 2.75) is 141 Å². The summed E-state index contributed by atoms with van der Waals surface area (Å²) in [6, 6.07) is 0. The molecule has 0 saturated heterocycles. The lowest BCUT2D eigenvalue weighted by atomic mass is 9.96. The molecule has 0 fully saturated rings. The van der Waals surface area contributed by atoms with Gasteiger partial charge < -0.3 is 14.7 Å². The van der Waals surface area contributed by atoms with Gasteiger partial charge in [0.1, 0.15) is 12.1 Å². The first-order valence-corrected chi connectivity index (χ1v) is 13.4. The van der Waals surface area contributed by atoms with E-state index in [0.29, 0.717) is 17.4 Å². The van der Waals surface area contributed by atoms with Crippen LogP contribution in [0.1, 0.15) is 136 Å². The third-order valence-electron chi connectivity index (χ3n) is 6.49. The molecule has 0 aliphatic rings. The Morgan fingerprint density at radius 2 is 1.10 bits per heavy atom. The molecule has 186 valence electrons. The highest BCUT2D eigenvalue weighted by atomic mass is 16.4. The van der Waals surface area contributed by atoms with Gasteiger partial charge >= 0.3 is 5.97 Å². The van der Waals surface area contributed by atoms with Crippen molar-refractivity contribution in [3.05, 3.63) is 0 Å². The molecule has 0 bridgehead atoms. The second-order valence-corrected chi connectivity index (χ2v) is 10.9. The van der Waals surface area contributed by atoms with Crippen LogP contribution < -0.4 is 0 Å². The van der Waals surface area contributed by atoms with Crippen LogP contribution in [-0.2, 0) is 4.79 Å². The van der Waals surface area contributed by atoms with Crippen molar-refractivity contribution in [2.24, 2.45) is 0 Å². The molecule has 0 rings (SSSR count). The van der Waals surface area contributed by atoms with E-state index < -0.39 is 11.6 Å². The van der Waals surface area contributed by atoms with Crippen LogP contribution in [0.5, 0.6) is 0 Å². The molecule has 0 aromatic carbocycles. The molecule has 31 heavy (non-hydrogen) atoms. The monoisotopic (exact) mass is 442 g/mol. The smallest absolute Gasteiger partial charge is 0.303 e. The van der Waals surface area contributed by atoms with Gasteiger partial charge in [0, 0.05) is 6.42 Å². The molecule has 1 atom stereocenters. The molecule has 0 aliphatic carbocycles. The lowest BCUT2D eigenvalue weighted by Gasteiger charge is -2.36. The van der Waals surface area contributed by atoms with Gasteiger partial charge in [0.15, 0.2) is 0 Å². The molecular weight excluding hydrogens is 386 g/mol. The number of aliphatic hydroxyl groups is 1. The molecule has 2 N–H and O–H groups in total. The van der Waals surface area contributed by atoms with Crippen molar-refractivity contribution in [3.63, 3.8) is 0 Å². The molecular formula is C27H56NO3+. The number of unbranched alkanes of at least 4 members (excludes halogenated alkanes) is 15. The van der Waals surface area contributed by atoms with Gasteiger partial charge in [0.25, 0.3) is 0 Å². The van der Waals surface area contributed by atoms with Crippen LogP contribution in [0.3, 0.4) is 0 Å². The minimum absolute atomic E-state index is 0.211. The third kappa shape index (κ3) is 22.4. The van der Waals surface area contributed by atoms with Crippen molar-refractivity contribution in [1.29, 1.82) is 0 Å². The minimum Gasteiger partial charge on any atom is -0.481 e. The molecule has 0 amide bonds. The number of rotatable bonds is 23. The van der Waals surface area contributed by atoms with Crippen LogP contribution in [0.4, 0.5) is 0 Å². The fraction of sp³-hybridized carbons (Fsp3) is 0.963. The average molecular weight is 443 g/mol. The standard InChI is InChI=1S/C27H55NO3/c1-5-6-7-8-9-10-11-12-13-14-15-16-17-18-19-20-23-27(2,31)25-28(3,4)24-21-22-26(29)30/h31H,5-25H2,1-4H3/p+1. The summed E-state index contributed by atoms with van der Waals surface area (Å²) in [5, 5.41) is 19.5. The summed E-state index contributed by atoms with van der Waals surface area (Å²) < 4.78 is 0.680. The zero-order valence-electron chi connectivity index (χ0n) is 21.6. The summed E-state index contributed by atoms with van der Waals surface area (Å²) in [7, 11) is 4.17. The number of quaternary nitrogens is 1. The van der Waals surface area contributed by atoms with E-state index in [1.165, 1.54) is 96.3 Å². The van der Waals surface area contributed by atoms with Gasteiger partial charge in [0.05, 0.1) is 27.1 Å². The molecule has 1 unspecified atom stereocenters. The van der Waals surface area contributed by atoms with Gasteiger partial charge in [-0.1, -0.05) is 110 Å². The van der Waals surface area contributed by atoms with Gasteiger partial charge in [-0.3, -0.25) is 4.79 Å². The molecule has 0 spiro atoms. The number of carboxylic acids is 1. The average Bonchev–Trinajstić information content (AvgIpc) is 2.66. The molecule has 0 saturated carbocycles. The summed E-state index contributed by atoms with van der Waals surface area (Å²) in [5.41, 5.74) is -0.664. The van der Waals surface area contributed by atoms with Gasteiger partial charge in [-0.25, -0.2) is 0 Å². The first-order valence-electron chi connectivity index (χ1n) is 13.4. The Balaban J connectivity index is 3.51. The summed E-state index contributed by atoms with van der Waals surface area (Å²) >= 11 is 0. The molecule has 0 heterocycles. The fourth-order valence-electron chi connectivity index (χ4n) is 4.79. The Hall–Kier alpha value is -0.610. The number of nitrogens with zero attached hydrogens (tertiary/aromatic N) is 1.